The molecule has 0 aromatic heterocycles. The lowest BCUT2D eigenvalue weighted by Gasteiger charge is -2.29. The molecule has 1 aliphatic rings. The Hall–Kier alpha value is -4.01. The van der Waals surface area contributed by atoms with Gasteiger partial charge in [-0.15, -0.1) is 0 Å². The van der Waals surface area contributed by atoms with Gasteiger partial charge in [0.25, 0.3) is 5.91 Å². The van der Waals surface area contributed by atoms with Gasteiger partial charge < -0.3 is 19.9 Å². The monoisotopic (exact) mass is 569 g/mol. The van der Waals surface area contributed by atoms with E-state index in [0.717, 1.165) is 31.4 Å². The number of aliphatic carboxylic acids is 1. The summed E-state index contributed by atoms with van der Waals surface area (Å²) in [5.74, 6) is -0.126. The van der Waals surface area contributed by atoms with Gasteiger partial charge in [-0.25, -0.2) is 4.79 Å². The molecule has 1 aliphatic carbocycles. The van der Waals surface area contributed by atoms with Gasteiger partial charge in [0, 0.05) is 5.39 Å². The normalized spacial score (nSPS) is 18.1. The number of hydrogen-bond acceptors (Lipinski definition) is 4. The zero-order valence-corrected chi connectivity index (χ0v) is 23.1. The van der Waals surface area contributed by atoms with Crippen LogP contribution >= 0.6 is 0 Å². The molecule has 218 valence electrons. The second kappa shape index (κ2) is 12.7. The third kappa shape index (κ3) is 7.60. The molecule has 4 rings (SSSR count). The number of ether oxygens (including phenoxy) is 2. The Kier molecular flexibility index (Phi) is 9.25. The first-order valence-corrected chi connectivity index (χ1v) is 13.5. The van der Waals surface area contributed by atoms with E-state index in [2.05, 4.69) is 18.8 Å². The molecule has 9 heteroatoms. The number of nitrogens with one attached hydrogen (secondary N) is 1. The lowest BCUT2D eigenvalue weighted by molar-refractivity contribution is -0.139. The molecule has 3 aromatic rings. The van der Waals surface area contributed by atoms with Gasteiger partial charge in [0.2, 0.25) is 0 Å². The average molecular weight is 570 g/mol. The van der Waals surface area contributed by atoms with Crippen molar-refractivity contribution in [2.75, 3.05) is 7.11 Å². The van der Waals surface area contributed by atoms with Crippen LogP contribution in [0.1, 0.15) is 60.5 Å². The third-order valence-electron chi connectivity index (χ3n) is 7.50. The summed E-state index contributed by atoms with van der Waals surface area (Å²) in [6.07, 6.45) is -0.689. The van der Waals surface area contributed by atoms with Crippen molar-refractivity contribution in [1.29, 1.82) is 0 Å². The zero-order valence-electron chi connectivity index (χ0n) is 23.1. The number of rotatable bonds is 10. The van der Waals surface area contributed by atoms with Crippen molar-refractivity contribution in [3.8, 4) is 11.5 Å². The van der Waals surface area contributed by atoms with Crippen LogP contribution in [0.5, 0.6) is 11.5 Å². The first-order chi connectivity index (χ1) is 19.4. The summed E-state index contributed by atoms with van der Waals surface area (Å²) in [7, 11) is 1.53. The maximum absolute atomic E-state index is 13.5. The van der Waals surface area contributed by atoms with Crippen molar-refractivity contribution in [3.63, 3.8) is 0 Å². The number of fused-ring (bicyclic) bond motifs is 1. The fraction of sp³-hybridized carbons (Fsp3) is 0.375. The van der Waals surface area contributed by atoms with Crippen molar-refractivity contribution in [2.45, 2.75) is 57.9 Å². The molecule has 6 nitrogen and oxygen atoms in total. The van der Waals surface area contributed by atoms with Gasteiger partial charge in [0.1, 0.15) is 24.1 Å². The molecule has 0 aliphatic heterocycles. The van der Waals surface area contributed by atoms with E-state index in [1.54, 1.807) is 30.3 Å². The molecule has 0 bridgehead atoms. The van der Waals surface area contributed by atoms with Crippen molar-refractivity contribution in [1.82, 2.24) is 5.32 Å². The molecular formula is C32H34F3NO5. The number of methoxy groups -OCH3 is 1. The largest absolute Gasteiger partial charge is 0.497 e. The predicted octanol–water partition coefficient (Wildman–Crippen LogP) is 7.40. The van der Waals surface area contributed by atoms with Crippen LogP contribution in [0.3, 0.4) is 0 Å². The van der Waals surface area contributed by atoms with Gasteiger partial charge in [-0.1, -0.05) is 37.3 Å². The fourth-order valence-corrected chi connectivity index (χ4v) is 5.52. The quantitative estimate of drug-likeness (QED) is 0.249. The summed E-state index contributed by atoms with van der Waals surface area (Å²) in [6, 6.07) is 11.9. The highest BCUT2D eigenvalue weighted by atomic mass is 19.4. The molecule has 3 aromatic carbocycles. The Bertz CT molecular complexity index is 1420. The van der Waals surface area contributed by atoms with Crippen molar-refractivity contribution >= 4 is 22.6 Å². The lowest BCUT2D eigenvalue weighted by atomic mass is 9.77. The number of halogens is 3. The van der Waals surface area contributed by atoms with Crippen LogP contribution in [0.2, 0.25) is 0 Å². The molecule has 1 amide bonds. The summed E-state index contributed by atoms with van der Waals surface area (Å²) in [4.78, 5) is 25.5. The fourth-order valence-electron chi connectivity index (χ4n) is 5.52. The number of carbonyl (C=O) groups is 2. The van der Waals surface area contributed by atoms with E-state index in [1.807, 2.05) is 0 Å². The number of allylic oxidation sites excluding steroid dienone is 1. The van der Waals surface area contributed by atoms with Crippen LogP contribution < -0.4 is 14.8 Å². The predicted molar refractivity (Wildman–Crippen MR) is 150 cm³/mol. The Morgan fingerprint density at radius 3 is 2.46 bits per heavy atom. The number of carboxylic acid groups (broad SMARTS) is 1. The van der Waals surface area contributed by atoms with Crippen molar-refractivity contribution in [3.05, 3.63) is 83.4 Å². The van der Waals surface area contributed by atoms with Crippen molar-refractivity contribution in [2.24, 2.45) is 11.8 Å². The highest BCUT2D eigenvalue weighted by Crippen LogP contribution is 2.36. The second-order valence-corrected chi connectivity index (χ2v) is 10.8. The second-order valence-electron chi connectivity index (χ2n) is 10.8. The van der Waals surface area contributed by atoms with Crippen molar-refractivity contribution < 1.29 is 37.3 Å². The Balaban J connectivity index is 1.56. The summed E-state index contributed by atoms with van der Waals surface area (Å²) >= 11 is 0. The summed E-state index contributed by atoms with van der Waals surface area (Å²) < 4.78 is 50.3. The Morgan fingerprint density at radius 1 is 1.10 bits per heavy atom. The van der Waals surface area contributed by atoms with Gasteiger partial charge in [-0.05, 0) is 91.3 Å². The van der Waals surface area contributed by atoms with Crippen LogP contribution in [0.4, 0.5) is 13.2 Å². The zero-order chi connectivity index (χ0) is 29.7. The third-order valence-corrected chi connectivity index (χ3v) is 7.50. The van der Waals surface area contributed by atoms with E-state index >= 15 is 0 Å². The SMILES string of the molecule is C=C1CC(C)CC(CC[C@H](NC(=O)c2ccc3cc(OC)ccc3c2OCc2ccc(C(F)(F)F)cc2)C(=O)O)C1. The summed E-state index contributed by atoms with van der Waals surface area (Å²) in [5.41, 5.74) is 1.000. The van der Waals surface area contributed by atoms with Gasteiger partial charge in [-0.2, -0.15) is 13.2 Å². The minimum absolute atomic E-state index is 0.102. The van der Waals surface area contributed by atoms with E-state index in [4.69, 9.17) is 9.47 Å². The number of carbonyl (C=O) groups excluding carboxylic acids is 1. The molecular weight excluding hydrogens is 535 g/mol. The number of alkyl halides is 3. The molecule has 0 saturated heterocycles. The summed E-state index contributed by atoms with van der Waals surface area (Å²) in [5, 5.41) is 13.8. The topological polar surface area (TPSA) is 84.9 Å². The molecule has 2 N–H and O–H groups in total. The maximum atomic E-state index is 13.5. The minimum atomic E-state index is -4.46. The van der Waals surface area contributed by atoms with Crippen LogP contribution in [0.25, 0.3) is 10.8 Å². The average Bonchev–Trinajstić information content (AvgIpc) is 2.92. The first kappa shape index (κ1) is 30.0. The summed E-state index contributed by atoms with van der Waals surface area (Å²) in [6.45, 7) is 6.17. The molecule has 41 heavy (non-hydrogen) atoms. The highest BCUT2D eigenvalue weighted by molar-refractivity contribution is 6.05. The molecule has 0 radical (unpaired) electrons. The standard InChI is InChI=1S/C32H34F3NO5/c1-19-14-20(2)16-22(15-19)6-13-28(31(38)39)36-30(37)27-11-7-23-17-25(40-3)10-12-26(23)29(27)41-18-21-4-8-24(9-5-21)32(33,34)35/h4-5,7-12,17,20,22,28H,1,6,13-16,18H2,2-3H3,(H,36,37)(H,38,39)/t20?,22?,28-/m0/s1. The minimum Gasteiger partial charge on any atom is -0.497 e. The number of benzene rings is 3. The number of carboxylic acids is 1. The smallest absolute Gasteiger partial charge is 0.416 e. The molecule has 0 spiro atoms. The van der Waals surface area contributed by atoms with E-state index in [0.29, 0.717) is 40.3 Å². The van der Waals surface area contributed by atoms with Crippen LogP contribution in [0, 0.1) is 11.8 Å². The van der Waals surface area contributed by atoms with Gasteiger partial charge in [-0.3, -0.25) is 4.79 Å². The van der Waals surface area contributed by atoms with E-state index < -0.39 is 29.7 Å². The Morgan fingerprint density at radius 2 is 1.83 bits per heavy atom. The van der Waals surface area contributed by atoms with E-state index in [-0.39, 0.29) is 24.3 Å². The Labute approximate surface area is 237 Å². The van der Waals surface area contributed by atoms with Crippen LogP contribution in [-0.4, -0.2) is 30.1 Å². The highest BCUT2D eigenvalue weighted by Gasteiger charge is 2.30. The van der Waals surface area contributed by atoms with Gasteiger partial charge >= 0.3 is 12.1 Å². The van der Waals surface area contributed by atoms with Crippen LogP contribution in [0.15, 0.2) is 66.7 Å². The molecule has 0 heterocycles. The molecule has 1 fully saturated rings. The number of hydrogen-bond donors (Lipinski definition) is 2. The van der Waals surface area contributed by atoms with Gasteiger partial charge in [0.05, 0.1) is 18.2 Å². The van der Waals surface area contributed by atoms with E-state index in [1.165, 1.54) is 24.8 Å². The van der Waals surface area contributed by atoms with E-state index in [9.17, 15) is 27.9 Å². The number of amides is 1. The lowest BCUT2D eigenvalue weighted by Crippen LogP contribution is -2.41. The van der Waals surface area contributed by atoms with Crippen LogP contribution in [-0.2, 0) is 17.6 Å². The molecule has 2 unspecified atom stereocenters. The molecule has 1 saturated carbocycles. The first-order valence-electron chi connectivity index (χ1n) is 13.5. The molecule has 3 atom stereocenters. The maximum Gasteiger partial charge on any atom is 0.416 e. The van der Waals surface area contributed by atoms with Gasteiger partial charge in [0.15, 0.2) is 0 Å².